The van der Waals surface area contributed by atoms with Gasteiger partial charge >= 0.3 is 0 Å². The summed E-state index contributed by atoms with van der Waals surface area (Å²) in [6, 6.07) is 14.0. The van der Waals surface area contributed by atoms with Crippen molar-refractivity contribution in [2.75, 3.05) is 13.2 Å². The first-order chi connectivity index (χ1) is 16.4. The van der Waals surface area contributed by atoms with E-state index < -0.39 is 17.6 Å². The number of rotatable bonds is 13. The summed E-state index contributed by atoms with van der Waals surface area (Å²) in [4.78, 5) is 16.8. The van der Waals surface area contributed by atoms with Crippen molar-refractivity contribution in [3.8, 4) is 5.88 Å². The summed E-state index contributed by atoms with van der Waals surface area (Å²) >= 11 is 0. The number of benzene rings is 1. The minimum absolute atomic E-state index is 0.121. The fraction of sp³-hybridized carbons (Fsp3) is 0.391. The molecule has 1 amide bonds. The molecule has 11 nitrogen and oxygen atoms in total. The van der Waals surface area contributed by atoms with Crippen LogP contribution in [0.15, 0.2) is 54.7 Å². The van der Waals surface area contributed by atoms with E-state index in [9.17, 15) is 4.79 Å². The minimum atomic E-state index is -1.10. The summed E-state index contributed by atoms with van der Waals surface area (Å²) in [7, 11) is 0. The first-order valence-corrected chi connectivity index (χ1v) is 10.9. The monoisotopic (exact) mass is 466 g/mol. The van der Waals surface area contributed by atoms with Gasteiger partial charge in [0.1, 0.15) is 12.6 Å². The highest BCUT2D eigenvalue weighted by atomic mass is 16.5. The van der Waals surface area contributed by atoms with Crippen LogP contribution in [-0.4, -0.2) is 56.1 Å². The van der Waals surface area contributed by atoms with Crippen molar-refractivity contribution in [2.24, 2.45) is 5.73 Å². The largest absolute Gasteiger partial charge is 0.475 e. The van der Waals surface area contributed by atoms with Crippen molar-refractivity contribution in [3.63, 3.8) is 0 Å². The molecule has 0 spiro atoms. The van der Waals surface area contributed by atoms with Gasteiger partial charge in [-0.1, -0.05) is 36.4 Å². The van der Waals surface area contributed by atoms with E-state index in [4.69, 9.17) is 20.6 Å². The molecule has 34 heavy (non-hydrogen) atoms. The molecule has 0 fully saturated rings. The van der Waals surface area contributed by atoms with Crippen molar-refractivity contribution in [3.05, 3.63) is 66.1 Å². The van der Waals surface area contributed by atoms with Gasteiger partial charge in [-0.25, -0.2) is 9.67 Å². The highest BCUT2D eigenvalue weighted by Crippen LogP contribution is 2.19. The summed E-state index contributed by atoms with van der Waals surface area (Å²) < 4.78 is 13.2. The fourth-order valence-corrected chi connectivity index (χ4v) is 3.07. The number of carbonyl (C=O) groups is 1. The van der Waals surface area contributed by atoms with Crippen LogP contribution in [0.25, 0.3) is 0 Å². The van der Waals surface area contributed by atoms with Crippen LogP contribution in [0.4, 0.5) is 0 Å². The molecule has 1 aromatic carbocycles. The standard InChI is InChI=1S/C23H30N8O3/c1-23(2,25)22(32)27-19(16-33-14-17-8-4-3-5-9-17)21-28-29-30-31(21)18(11-12-24)15-34-20-10-6-7-13-26-20/h3-10,12-13,18-19,24H,11,14-16,25H2,1-2H3,(H,27,32)/t18-,19-/m1/s1. The van der Waals surface area contributed by atoms with Crippen LogP contribution >= 0.6 is 0 Å². The molecule has 3 rings (SSSR count). The van der Waals surface area contributed by atoms with Gasteiger partial charge in [-0.3, -0.25) is 4.79 Å². The van der Waals surface area contributed by atoms with Gasteiger partial charge in [-0.15, -0.1) is 5.10 Å². The molecule has 180 valence electrons. The maximum atomic E-state index is 12.7. The highest BCUT2D eigenvalue weighted by molar-refractivity contribution is 5.85. The molecule has 0 aliphatic rings. The summed E-state index contributed by atoms with van der Waals surface area (Å²) in [5, 5.41) is 22.6. The van der Waals surface area contributed by atoms with Gasteiger partial charge in [0.05, 0.1) is 24.8 Å². The Hall–Kier alpha value is -3.70. The van der Waals surface area contributed by atoms with E-state index in [2.05, 4.69) is 25.8 Å². The van der Waals surface area contributed by atoms with Crippen LogP contribution in [0.1, 0.15) is 43.7 Å². The van der Waals surface area contributed by atoms with Gasteiger partial charge in [0.15, 0.2) is 5.82 Å². The molecule has 0 saturated carbocycles. The van der Waals surface area contributed by atoms with E-state index in [1.807, 2.05) is 36.4 Å². The number of nitrogens with one attached hydrogen (secondary N) is 2. The smallest absolute Gasteiger partial charge is 0.240 e. The van der Waals surface area contributed by atoms with Gasteiger partial charge in [0.2, 0.25) is 11.8 Å². The second-order valence-electron chi connectivity index (χ2n) is 8.30. The Bertz CT molecular complexity index is 1040. The van der Waals surface area contributed by atoms with Crippen LogP contribution in [-0.2, 0) is 16.1 Å². The van der Waals surface area contributed by atoms with E-state index in [0.29, 0.717) is 24.7 Å². The third-order valence-corrected chi connectivity index (χ3v) is 4.91. The van der Waals surface area contributed by atoms with Gasteiger partial charge in [0, 0.05) is 18.7 Å². The summed E-state index contributed by atoms with van der Waals surface area (Å²) in [6.45, 7) is 3.89. The summed E-state index contributed by atoms with van der Waals surface area (Å²) in [6.07, 6.45) is 3.22. The normalized spacial score (nSPS) is 13.1. The van der Waals surface area contributed by atoms with Crippen molar-refractivity contribution < 1.29 is 14.3 Å². The Kier molecular flexibility index (Phi) is 8.77. The molecule has 2 atom stereocenters. The average molecular weight is 467 g/mol. The number of tetrazole rings is 1. The molecule has 4 N–H and O–H groups in total. The average Bonchev–Trinajstić information content (AvgIpc) is 3.31. The van der Waals surface area contributed by atoms with Gasteiger partial charge in [-0.05, 0) is 42.1 Å². The highest BCUT2D eigenvalue weighted by Gasteiger charge is 2.30. The number of ether oxygens (including phenoxy) is 2. The van der Waals surface area contributed by atoms with Crippen LogP contribution in [0, 0.1) is 5.41 Å². The Morgan fingerprint density at radius 1 is 1.21 bits per heavy atom. The van der Waals surface area contributed by atoms with Crippen LogP contribution in [0.2, 0.25) is 0 Å². The van der Waals surface area contributed by atoms with Crippen molar-refractivity contribution in [2.45, 2.75) is 44.5 Å². The van der Waals surface area contributed by atoms with Crippen molar-refractivity contribution in [1.82, 2.24) is 30.5 Å². The summed E-state index contributed by atoms with van der Waals surface area (Å²) in [5.74, 6) is 0.457. The van der Waals surface area contributed by atoms with E-state index in [-0.39, 0.29) is 19.1 Å². The van der Waals surface area contributed by atoms with Crippen molar-refractivity contribution >= 4 is 12.1 Å². The molecule has 2 aromatic heterocycles. The minimum Gasteiger partial charge on any atom is -0.475 e. The molecule has 0 aliphatic heterocycles. The number of hydrogen-bond acceptors (Lipinski definition) is 9. The lowest BCUT2D eigenvalue weighted by Crippen LogP contribution is -2.51. The Morgan fingerprint density at radius 2 is 1.97 bits per heavy atom. The zero-order valence-electron chi connectivity index (χ0n) is 19.3. The molecule has 0 aliphatic carbocycles. The second-order valence-corrected chi connectivity index (χ2v) is 8.30. The molecular formula is C23H30N8O3. The van der Waals surface area contributed by atoms with E-state index in [0.717, 1.165) is 5.56 Å². The SMILES string of the molecule is CC(C)(N)C(=O)N[C@H](COCc1ccccc1)c1nnnn1[C@H](CC=N)COc1ccccn1. The molecule has 0 unspecified atom stereocenters. The zero-order chi connectivity index (χ0) is 24.4. The first kappa shape index (κ1) is 24.9. The third kappa shape index (κ3) is 7.15. The predicted octanol–water partition coefficient (Wildman–Crippen LogP) is 1.84. The lowest BCUT2D eigenvalue weighted by atomic mass is 10.1. The quantitative estimate of drug-likeness (QED) is 0.322. The number of amides is 1. The number of hydrogen-bond donors (Lipinski definition) is 3. The second kappa shape index (κ2) is 12.0. The number of aromatic nitrogens is 5. The Balaban J connectivity index is 1.79. The topological polar surface area (TPSA) is 154 Å². The number of pyridine rings is 1. The number of nitrogens with two attached hydrogens (primary N) is 1. The van der Waals surface area contributed by atoms with Crippen LogP contribution in [0.5, 0.6) is 5.88 Å². The number of carbonyl (C=O) groups excluding carboxylic acids is 1. The van der Waals surface area contributed by atoms with E-state index >= 15 is 0 Å². The molecule has 11 heteroatoms. The molecular weight excluding hydrogens is 436 g/mol. The summed E-state index contributed by atoms with van der Waals surface area (Å²) in [5.41, 5.74) is 5.88. The molecule has 3 aromatic rings. The lowest BCUT2D eigenvalue weighted by Gasteiger charge is -2.25. The van der Waals surface area contributed by atoms with Gasteiger partial charge < -0.3 is 25.9 Å². The Labute approximate surface area is 198 Å². The van der Waals surface area contributed by atoms with Crippen molar-refractivity contribution in [1.29, 1.82) is 5.41 Å². The predicted molar refractivity (Wildman–Crippen MR) is 125 cm³/mol. The third-order valence-electron chi connectivity index (χ3n) is 4.91. The van der Waals surface area contributed by atoms with Crippen LogP contribution < -0.4 is 15.8 Å². The van der Waals surface area contributed by atoms with Crippen LogP contribution in [0.3, 0.4) is 0 Å². The fourth-order valence-electron chi connectivity index (χ4n) is 3.07. The lowest BCUT2D eigenvalue weighted by molar-refractivity contribution is -0.126. The van der Waals surface area contributed by atoms with Gasteiger partial charge in [-0.2, -0.15) is 0 Å². The van der Waals surface area contributed by atoms with E-state index in [1.54, 1.807) is 36.9 Å². The van der Waals surface area contributed by atoms with E-state index in [1.165, 1.54) is 6.21 Å². The molecule has 2 heterocycles. The number of nitrogens with zero attached hydrogens (tertiary/aromatic N) is 5. The molecule has 0 bridgehead atoms. The maximum Gasteiger partial charge on any atom is 0.240 e. The zero-order valence-corrected chi connectivity index (χ0v) is 19.3. The van der Waals surface area contributed by atoms with Gasteiger partial charge in [0.25, 0.3) is 0 Å². The maximum absolute atomic E-state index is 12.7. The molecule has 0 radical (unpaired) electrons. The Morgan fingerprint density at radius 3 is 2.65 bits per heavy atom. The first-order valence-electron chi connectivity index (χ1n) is 10.9. The molecule has 0 saturated heterocycles.